The van der Waals surface area contributed by atoms with Crippen LogP contribution in [0.3, 0.4) is 0 Å². The predicted octanol–water partition coefficient (Wildman–Crippen LogP) is 3.13. The number of nitro benzene ring substituents is 1. The van der Waals surface area contributed by atoms with Crippen molar-refractivity contribution in [2.75, 3.05) is 6.54 Å². The smallest absolute Gasteiger partial charge is 0.270 e. The first-order valence-corrected chi connectivity index (χ1v) is 7.16. The van der Waals surface area contributed by atoms with Gasteiger partial charge in [-0.05, 0) is 17.5 Å². The Morgan fingerprint density at radius 3 is 2.45 bits per heavy atom. The van der Waals surface area contributed by atoms with Crippen LogP contribution in [-0.4, -0.2) is 17.3 Å². The van der Waals surface area contributed by atoms with Crippen LogP contribution in [0.1, 0.15) is 28.4 Å². The molecular formula is C17H18N2O3. The summed E-state index contributed by atoms with van der Waals surface area (Å²) in [7, 11) is 0. The Balaban J connectivity index is 1.89. The summed E-state index contributed by atoms with van der Waals surface area (Å²) in [4.78, 5) is 22.2. The van der Waals surface area contributed by atoms with Gasteiger partial charge < -0.3 is 5.32 Å². The quantitative estimate of drug-likeness (QED) is 0.484. The molecule has 0 unspecified atom stereocenters. The summed E-state index contributed by atoms with van der Waals surface area (Å²) in [5.41, 5.74) is 2.66. The van der Waals surface area contributed by atoms with E-state index in [1.165, 1.54) is 23.8 Å². The Morgan fingerprint density at radius 2 is 1.82 bits per heavy atom. The number of aryl methyl sites for hydroxylation is 1. The molecule has 0 radical (unpaired) electrons. The topological polar surface area (TPSA) is 72.2 Å². The lowest BCUT2D eigenvalue weighted by Gasteiger charge is -2.05. The lowest BCUT2D eigenvalue weighted by atomic mass is 10.1. The van der Waals surface area contributed by atoms with Gasteiger partial charge in [-0.3, -0.25) is 14.9 Å². The summed E-state index contributed by atoms with van der Waals surface area (Å²) in [6.45, 7) is 2.84. The van der Waals surface area contributed by atoms with Crippen LogP contribution in [-0.2, 0) is 13.0 Å². The van der Waals surface area contributed by atoms with E-state index < -0.39 is 4.92 Å². The molecule has 0 aliphatic carbocycles. The second-order valence-corrected chi connectivity index (χ2v) is 5.00. The molecule has 0 bridgehead atoms. The molecule has 2 aromatic carbocycles. The highest BCUT2D eigenvalue weighted by Crippen LogP contribution is 2.13. The fourth-order valence-corrected chi connectivity index (χ4v) is 2.11. The van der Waals surface area contributed by atoms with Crippen molar-refractivity contribution in [3.8, 4) is 0 Å². The van der Waals surface area contributed by atoms with Crippen LogP contribution in [0.5, 0.6) is 0 Å². The molecule has 0 saturated carbocycles. The molecule has 22 heavy (non-hydrogen) atoms. The monoisotopic (exact) mass is 298 g/mol. The zero-order valence-corrected chi connectivity index (χ0v) is 12.4. The first kappa shape index (κ1) is 15.9. The minimum absolute atomic E-state index is 0.0685. The van der Waals surface area contributed by atoms with Crippen molar-refractivity contribution in [1.29, 1.82) is 0 Å². The number of nitrogens with zero attached hydrogens (tertiary/aromatic N) is 1. The van der Waals surface area contributed by atoms with Gasteiger partial charge in [0, 0.05) is 24.2 Å². The van der Waals surface area contributed by atoms with E-state index >= 15 is 0 Å². The maximum atomic E-state index is 12.0. The van der Waals surface area contributed by atoms with Gasteiger partial charge in [0.2, 0.25) is 0 Å². The predicted molar refractivity (Wildman–Crippen MR) is 85.0 cm³/mol. The molecule has 5 heteroatoms. The fourth-order valence-electron chi connectivity index (χ4n) is 2.11. The molecule has 0 amide bonds. The van der Waals surface area contributed by atoms with E-state index in [-0.39, 0.29) is 18.0 Å². The van der Waals surface area contributed by atoms with Gasteiger partial charge in [-0.25, -0.2) is 0 Å². The molecular weight excluding hydrogens is 280 g/mol. The molecule has 114 valence electrons. The molecule has 0 saturated heterocycles. The Kier molecular flexibility index (Phi) is 5.38. The van der Waals surface area contributed by atoms with Crippen LogP contribution in [0, 0.1) is 10.1 Å². The van der Waals surface area contributed by atoms with Crippen molar-refractivity contribution in [1.82, 2.24) is 5.32 Å². The maximum absolute atomic E-state index is 12.0. The molecule has 0 spiro atoms. The molecule has 0 aliphatic heterocycles. The Morgan fingerprint density at radius 1 is 1.14 bits per heavy atom. The molecule has 1 N–H and O–H groups in total. The number of carbonyl (C=O) groups is 1. The van der Waals surface area contributed by atoms with E-state index in [0.29, 0.717) is 12.1 Å². The van der Waals surface area contributed by atoms with E-state index in [9.17, 15) is 14.9 Å². The number of nitrogens with one attached hydrogen (secondary N) is 1. The molecule has 0 heterocycles. The third kappa shape index (κ3) is 4.23. The molecule has 0 aromatic heterocycles. The van der Waals surface area contributed by atoms with Crippen LogP contribution in [0.2, 0.25) is 0 Å². The van der Waals surface area contributed by atoms with Crippen LogP contribution in [0.4, 0.5) is 5.69 Å². The molecule has 2 rings (SSSR count). The van der Waals surface area contributed by atoms with Gasteiger partial charge >= 0.3 is 0 Å². The Labute approximate surface area is 129 Å². The summed E-state index contributed by atoms with van der Waals surface area (Å²) in [6, 6.07) is 14.0. The first-order valence-electron chi connectivity index (χ1n) is 7.16. The second-order valence-electron chi connectivity index (χ2n) is 5.00. The minimum atomic E-state index is -0.501. The highest BCUT2D eigenvalue weighted by molar-refractivity contribution is 5.98. The molecule has 0 atom stereocenters. The summed E-state index contributed by atoms with van der Waals surface area (Å²) < 4.78 is 0. The van der Waals surface area contributed by atoms with Crippen LogP contribution >= 0.6 is 0 Å². The normalized spacial score (nSPS) is 10.4. The maximum Gasteiger partial charge on any atom is 0.270 e. The SMILES string of the molecule is CCc1ccc(CNCC(=O)c2cccc([N+](=O)[O-])c2)cc1. The minimum Gasteiger partial charge on any atom is -0.306 e. The highest BCUT2D eigenvalue weighted by Gasteiger charge is 2.11. The van der Waals surface area contributed by atoms with Gasteiger partial charge in [-0.15, -0.1) is 0 Å². The summed E-state index contributed by atoms with van der Waals surface area (Å²) in [5.74, 6) is -0.158. The fraction of sp³-hybridized carbons (Fsp3) is 0.235. The van der Waals surface area contributed by atoms with Crippen molar-refractivity contribution in [3.05, 3.63) is 75.3 Å². The van der Waals surface area contributed by atoms with E-state index in [0.717, 1.165) is 12.0 Å². The van der Waals surface area contributed by atoms with Gasteiger partial charge in [-0.1, -0.05) is 43.3 Å². The number of Topliss-reactive ketones (excluding diaryl/α,β-unsaturated/α-hetero) is 1. The number of ketones is 1. The first-order chi connectivity index (χ1) is 10.6. The second kappa shape index (κ2) is 7.47. The number of rotatable bonds is 7. The molecule has 2 aromatic rings. The number of hydrogen-bond donors (Lipinski definition) is 1. The van der Waals surface area contributed by atoms with Gasteiger partial charge in [0.15, 0.2) is 5.78 Å². The van der Waals surface area contributed by atoms with Gasteiger partial charge in [-0.2, -0.15) is 0 Å². The number of nitro groups is 1. The molecule has 5 nitrogen and oxygen atoms in total. The van der Waals surface area contributed by atoms with E-state index in [1.807, 2.05) is 12.1 Å². The molecule has 0 aliphatic rings. The van der Waals surface area contributed by atoms with Crippen LogP contribution in [0.25, 0.3) is 0 Å². The zero-order chi connectivity index (χ0) is 15.9. The van der Waals surface area contributed by atoms with Crippen molar-refractivity contribution < 1.29 is 9.72 Å². The Hall–Kier alpha value is -2.53. The summed E-state index contributed by atoms with van der Waals surface area (Å²) in [6.07, 6.45) is 0.999. The number of carbonyl (C=O) groups excluding carboxylic acids is 1. The lowest BCUT2D eigenvalue weighted by Crippen LogP contribution is -2.22. The van der Waals surface area contributed by atoms with Gasteiger partial charge in [0.25, 0.3) is 5.69 Å². The average Bonchev–Trinajstić information content (AvgIpc) is 2.55. The van der Waals surface area contributed by atoms with E-state index in [1.54, 1.807) is 6.07 Å². The summed E-state index contributed by atoms with van der Waals surface area (Å²) >= 11 is 0. The molecule has 0 fully saturated rings. The lowest BCUT2D eigenvalue weighted by molar-refractivity contribution is -0.384. The van der Waals surface area contributed by atoms with Crippen LogP contribution in [0.15, 0.2) is 48.5 Å². The van der Waals surface area contributed by atoms with E-state index in [2.05, 4.69) is 24.4 Å². The third-order valence-corrected chi connectivity index (χ3v) is 3.42. The Bertz CT molecular complexity index is 666. The van der Waals surface area contributed by atoms with Crippen molar-refractivity contribution in [3.63, 3.8) is 0 Å². The zero-order valence-electron chi connectivity index (χ0n) is 12.4. The van der Waals surface area contributed by atoms with Crippen molar-refractivity contribution in [2.45, 2.75) is 19.9 Å². The van der Waals surface area contributed by atoms with E-state index in [4.69, 9.17) is 0 Å². The van der Waals surface area contributed by atoms with Crippen LogP contribution < -0.4 is 5.32 Å². The number of benzene rings is 2. The third-order valence-electron chi connectivity index (χ3n) is 3.42. The number of non-ortho nitro benzene ring substituents is 1. The van der Waals surface area contributed by atoms with Crippen molar-refractivity contribution in [2.24, 2.45) is 0 Å². The van der Waals surface area contributed by atoms with Gasteiger partial charge in [0.1, 0.15) is 0 Å². The number of hydrogen-bond acceptors (Lipinski definition) is 4. The average molecular weight is 298 g/mol. The van der Waals surface area contributed by atoms with Crippen molar-refractivity contribution >= 4 is 11.5 Å². The van der Waals surface area contributed by atoms with Gasteiger partial charge in [0.05, 0.1) is 11.5 Å². The summed E-state index contributed by atoms with van der Waals surface area (Å²) in [5, 5.41) is 13.8. The standard InChI is InChI=1S/C17H18N2O3/c1-2-13-6-8-14(9-7-13)11-18-12-17(20)15-4-3-5-16(10-15)19(21)22/h3-10,18H,2,11-12H2,1H3. The largest absolute Gasteiger partial charge is 0.306 e. The highest BCUT2D eigenvalue weighted by atomic mass is 16.6.